The van der Waals surface area contributed by atoms with Crippen LogP contribution < -0.4 is 5.73 Å². The molecule has 0 aromatic carbocycles. The zero-order valence-corrected chi connectivity index (χ0v) is 12.0. The normalized spacial score (nSPS) is 33.4. The van der Waals surface area contributed by atoms with Gasteiger partial charge in [-0.15, -0.1) is 12.4 Å². The molecule has 1 aliphatic carbocycles. The Kier molecular flexibility index (Phi) is 5.25. The van der Waals surface area contributed by atoms with Crippen molar-refractivity contribution in [3.63, 3.8) is 0 Å². The van der Waals surface area contributed by atoms with Gasteiger partial charge in [0, 0.05) is 19.1 Å². The van der Waals surface area contributed by atoms with Crippen molar-refractivity contribution >= 4 is 22.4 Å². The highest BCUT2D eigenvalue weighted by Gasteiger charge is 2.44. The Labute approximate surface area is 110 Å². The molecule has 1 aliphatic heterocycles. The Bertz CT molecular complexity index is 347. The average Bonchev–Trinajstić information content (AvgIpc) is 2.79. The van der Waals surface area contributed by atoms with Gasteiger partial charge in [0.05, 0.1) is 5.75 Å². The molecule has 2 fully saturated rings. The molecule has 0 radical (unpaired) electrons. The van der Waals surface area contributed by atoms with Crippen LogP contribution in [0.2, 0.25) is 0 Å². The average molecular weight is 283 g/mol. The second-order valence-electron chi connectivity index (χ2n) is 5.15. The Balaban J connectivity index is 0.00000144. The monoisotopic (exact) mass is 282 g/mol. The summed E-state index contributed by atoms with van der Waals surface area (Å²) in [7, 11) is -3.01. The van der Waals surface area contributed by atoms with Crippen LogP contribution in [-0.4, -0.2) is 37.6 Å². The van der Waals surface area contributed by atoms with Crippen molar-refractivity contribution in [2.45, 2.75) is 38.6 Å². The summed E-state index contributed by atoms with van der Waals surface area (Å²) < 4.78 is 25.7. The van der Waals surface area contributed by atoms with Crippen LogP contribution in [0.15, 0.2) is 0 Å². The fraction of sp³-hybridized carbons (Fsp3) is 1.00. The zero-order valence-electron chi connectivity index (χ0n) is 10.3. The number of hydrogen-bond acceptors (Lipinski definition) is 3. The smallest absolute Gasteiger partial charge is 0.214 e. The Hall–Kier alpha value is 0.160. The Morgan fingerprint density at radius 3 is 2.59 bits per heavy atom. The van der Waals surface area contributed by atoms with Gasteiger partial charge < -0.3 is 5.73 Å². The lowest BCUT2D eigenvalue weighted by Gasteiger charge is -2.18. The molecule has 2 aliphatic rings. The van der Waals surface area contributed by atoms with Crippen LogP contribution in [0.25, 0.3) is 0 Å². The molecule has 4 nitrogen and oxygen atoms in total. The van der Waals surface area contributed by atoms with E-state index in [1.165, 1.54) is 0 Å². The molecular formula is C11H23ClN2O2S. The highest BCUT2D eigenvalue weighted by Crippen LogP contribution is 2.38. The van der Waals surface area contributed by atoms with Gasteiger partial charge in [-0.25, -0.2) is 12.7 Å². The van der Waals surface area contributed by atoms with Crippen LogP contribution in [0.3, 0.4) is 0 Å². The first-order valence-corrected chi connectivity index (χ1v) is 7.89. The summed E-state index contributed by atoms with van der Waals surface area (Å²) in [6.45, 7) is 3.40. The van der Waals surface area contributed by atoms with Gasteiger partial charge in [-0.1, -0.05) is 13.3 Å². The van der Waals surface area contributed by atoms with E-state index in [9.17, 15) is 8.42 Å². The van der Waals surface area contributed by atoms with E-state index in [2.05, 4.69) is 0 Å². The van der Waals surface area contributed by atoms with Gasteiger partial charge in [0.1, 0.15) is 0 Å². The van der Waals surface area contributed by atoms with Crippen LogP contribution >= 0.6 is 12.4 Å². The first-order chi connectivity index (χ1) is 7.54. The van der Waals surface area contributed by atoms with E-state index in [-0.39, 0.29) is 18.4 Å². The van der Waals surface area contributed by atoms with Crippen LogP contribution in [0, 0.1) is 11.8 Å². The summed E-state index contributed by atoms with van der Waals surface area (Å²) in [6.07, 6.45) is 3.86. The van der Waals surface area contributed by atoms with E-state index in [4.69, 9.17) is 5.73 Å². The minimum Gasteiger partial charge on any atom is -0.327 e. The number of nitrogens with zero attached hydrogens (tertiary/aromatic N) is 1. The van der Waals surface area contributed by atoms with E-state index >= 15 is 0 Å². The van der Waals surface area contributed by atoms with Gasteiger partial charge in [-0.3, -0.25) is 0 Å². The summed E-state index contributed by atoms with van der Waals surface area (Å²) in [5.74, 6) is 1.24. The second kappa shape index (κ2) is 5.87. The summed E-state index contributed by atoms with van der Waals surface area (Å²) in [4.78, 5) is 0. The van der Waals surface area contributed by atoms with E-state index in [1.807, 2.05) is 6.92 Å². The predicted octanol–water partition coefficient (Wildman–Crippen LogP) is 1.21. The first kappa shape index (κ1) is 15.2. The molecule has 1 saturated heterocycles. The third kappa shape index (κ3) is 3.13. The standard InChI is InChI=1S/C11H22N2O2S.ClH/c1-2-3-6-16(14,15)13-7-9-4-5-11(12)10(9)8-13;/h9-11H,2-8,12H2,1H3;1H. The summed E-state index contributed by atoms with van der Waals surface area (Å²) in [5.41, 5.74) is 6.00. The second-order valence-corrected chi connectivity index (χ2v) is 7.24. The molecule has 0 bridgehead atoms. The van der Waals surface area contributed by atoms with Crippen molar-refractivity contribution in [3.05, 3.63) is 0 Å². The lowest BCUT2D eigenvalue weighted by molar-refractivity contribution is 0.426. The predicted molar refractivity (Wildman–Crippen MR) is 71.7 cm³/mol. The number of rotatable bonds is 4. The fourth-order valence-electron chi connectivity index (χ4n) is 2.95. The fourth-order valence-corrected chi connectivity index (χ4v) is 4.68. The molecule has 0 aromatic heterocycles. The maximum Gasteiger partial charge on any atom is 0.214 e. The van der Waals surface area contributed by atoms with Crippen molar-refractivity contribution in [3.8, 4) is 0 Å². The minimum absolute atomic E-state index is 0. The molecule has 3 unspecified atom stereocenters. The lowest BCUT2D eigenvalue weighted by Crippen LogP contribution is -2.34. The summed E-state index contributed by atoms with van der Waals surface area (Å²) in [5, 5.41) is 0. The molecular weight excluding hydrogens is 260 g/mol. The lowest BCUT2D eigenvalue weighted by atomic mass is 9.98. The third-order valence-electron chi connectivity index (χ3n) is 4.03. The Morgan fingerprint density at radius 1 is 1.29 bits per heavy atom. The van der Waals surface area contributed by atoms with E-state index in [0.717, 1.165) is 25.7 Å². The molecule has 17 heavy (non-hydrogen) atoms. The molecule has 2 rings (SSSR count). The number of unbranched alkanes of at least 4 members (excludes halogenated alkanes) is 1. The highest BCUT2D eigenvalue weighted by atomic mass is 35.5. The number of sulfonamides is 1. The van der Waals surface area contributed by atoms with Crippen LogP contribution in [0.1, 0.15) is 32.6 Å². The van der Waals surface area contributed by atoms with Crippen molar-refractivity contribution in [2.75, 3.05) is 18.8 Å². The molecule has 6 heteroatoms. The number of hydrogen-bond donors (Lipinski definition) is 1. The van der Waals surface area contributed by atoms with Crippen molar-refractivity contribution < 1.29 is 8.42 Å². The van der Waals surface area contributed by atoms with Gasteiger partial charge in [0.25, 0.3) is 0 Å². The van der Waals surface area contributed by atoms with Crippen molar-refractivity contribution in [1.29, 1.82) is 0 Å². The van der Waals surface area contributed by atoms with Crippen molar-refractivity contribution in [1.82, 2.24) is 4.31 Å². The molecule has 102 valence electrons. The molecule has 3 atom stereocenters. The molecule has 1 saturated carbocycles. The van der Waals surface area contributed by atoms with Crippen molar-refractivity contribution in [2.24, 2.45) is 17.6 Å². The topological polar surface area (TPSA) is 63.4 Å². The number of nitrogens with two attached hydrogens (primary N) is 1. The molecule has 2 N–H and O–H groups in total. The van der Waals surface area contributed by atoms with Crippen LogP contribution in [0.5, 0.6) is 0 Å². The minimum atomic E-state index is -3.01. The van der Waals surface area contributed by atoms with E-state index < -0.39 is 10.0 Å². The highest BCUT2D eigenvalue weighted by molar-refractivity contribution is 7.89. The van der Waals surface area contributed by atoms with Gasteiger partial charge in [0.15, 0.2) is 0 Å². The number of fused-ring (bicyclic) bond motifs is 1. The van der Waals surface area contributed by atoms with Gasteiger partial charge >= 0.3 is 0 Å². The first-order valence-electron chi connectivity index (χ1n) is 6.28. The van der Waals surface area contributed by atoms with Gasteiger partial charge in [-0.2, -0.15) is 0 Å². The van der Waals surface area contributed by atoms with Gasteiger partial charge in [-0.05, 0) is 31.1 Å². The largest absolute Gasteiger partial charge is 0.327 e. The Morgan fingerprint density at radius 2 is 2.00 bits per heavy atom. The molecule has 0 spiro atoms. The van der Waals surface area contributed by atoms with Crippen LogP contribution in [-0.2, 0) is 10.0 Å². The zero-order chi connectivity index (χ0) is 11.8. The quantitative estimate of drug-likeness (QED) is 0.843. The summed E-state index contributed by atoms with van der Waals surface area (Å²) in [6, 6.07) is 0.219. The van der Waals surface area contributed by atoms with Crippen LogP contribution in [0.4, 0.5) is 0 Å². The van der Waals surface area contributed by atoms with E-state index in [1.54, 1.807) is 4.31 Å². The molecule has 0 amide bonds. The number of halogens is 1. The maximum absolute atomic E-state index is 12.0. The van der Waals surface area contributed by atoms with Gasteiger partial charge in [0.2, 0.25) is 10.0 Å². The third-order valence-corrected chi connectivity index (χ3v) is 5.92. The van der Waals surface area contributed by atoms with E-state index in [0.29, 0.717) is 30.7 Å². The molecule has 1 heterocycles. The SMILES string of the molecule is CCCCS(=O)(=O)N1CC2CCC(N)C2C1.Cl. The summed E-state index contributed by atoms with van der Waals surface area (Å²) >= 11 is 0. The maximum atomic E-state index is 12.0. The molecule has 0 aromatic rings.